The summed E-state index contributed by atoms with van der Waals surface area (Å²) in [6.07, 6.45) is 2.84. The second kappa shape index (κ2) is 7.87. The number of carbonyl (C=O) groups is 1. The Kier molecular flexibility index (Phi) is 5.37. The lowest BCUT2D eigenvalue weighted by atomic mass is 10.2. The number of carbonyl (C=O) groups excluding carboxylic acids is 1. The SMILES string of the molecule is CCCc1c(C(=O)NN=Cc2ccc(Br)cc2)nnn1-c1nonc1N. The van der Waals surface area contributed by atoms with Crippen molar-refractivity contribution >= 4 is 33.9 Å². The lowest BCUT2D eigenvalue weighted by Crippen LogP contribution is -2.20. The number of benzene rings is 1. The van der Waals surface area contributed by atoms with Gasteiger partial charge in [-0.2, -0.15) is 9.78 Å². The summed E-state index contributed by atoms with van der Waals surface area (Å²) < 4.78 is 6.89. The molecule has 0 bridgehead atoms. The minimum Gasteiger partial charge on any atom is -0.378 e. The number of aromatic nitrogens is 5. The summed E-state index contributed by atoms with van der Waals surface area (Å²) in [6, 6.07) is 7.48. The largest absolute Gasteiger partial charge is 0.378 e. The van der Waals surface area contributed by atoms with Crippen LogP contribution < -0.4 is 11.2 Å². The Morgan fingerprint density at radius 2 is 2.15 bits per heavy atom. The standard InChI is InChI=1S/C15H15BrN8O2/c1-2-3-11-12(19-23-24(11)14-13(17)21-26-22-14)15(25)20-18-8-9-4-6-10(16)7-5-9/h4-8H,2-3H2,1H3,(H2,17,21)(H,20,25). The van der Waals surface area contributed by atoms with E-state index in [2.05, 4.69) is 51.7 Å². The Morgan fingerprint density at radius 1 is 1.38 bits per heavy atom. The number of amides is 1. The second-order valence-corrected chi connectivity index (χ2v) is 6.19. The van der Waals surface area contributed by atoms with Gasteiger partial charge in [0.2, 0.25) is 11.6 Å². The van der Waals surface area contributed by atoms with Crippen LogP contribution in [0.3, 0.4) is 0 Å². The van der Waals surface area contributed by atoms with E-state index in [1.165, 1.54) is 10.9 Å². The molecule has 0 atom stereocenters. The number of anilines is 1. The molecule has 26 heavy (non-hydrogen) atoms. The number of nitrogens with zero attached hydrogens (tertiary/aromatic N) is 6. The fourth-order valence-electron chi connectivity index (χ4n) is 2.21. The smallest absolute Gasteiger partial charge is 0.293 e. The summed E-state index contributed by atoms with van der Waals surface area (Å²) >= 11 is 3.36. The summed E-state index contributed by atoms with van der Waals surface area (Å²) in [5.41, 5.74) is 9.67. The highest BCUT2D eigenvalue weighted by Gasteiger charge is 2.23. The molecule has 0 unspecified atom stereocenters. The van der Waals surface area contributed by atoms with Gasteiger partial charge in [0, 0.05) is 4.47 Å². The van der Waals surface area contributed by atoms with Gasteiger partial charge in [0.05, 0.1) is 11.9 Å². The predicted molar refractivity (Wildman–Crippen MR) is 96.8 cm³/mol. The van der Waals surface area contributed by atoms with Crippen LogP contribution in [0.2, 0.25) is 0 Å². The molecular weight excluding hydrogens is 404 g/mol. The number of nitrogens with one attached hydrogen (secondary N) is 1. The first kappa shape index (κ1) is 17.7. The molecule has 0 saturated carbocycles. The van der Waals surface area contributed by atoms with E-state index in [9.17, 15) is 4.79 Å². The van der Waals surface area contributed by atoms with Crippen LogP contribution in [0.4, 0.5) is 5.82 Å². The average Bonchev–Trinajstić information content (AvgIpc) is 3.23. The summed E-state index contributed by atoms with van der Waals surface area (Å²) in [7, 11) is 0. The maximum absolute atomic E-state index is 12.4. The quantitative estimate of drug-likeness (QED) is 0.458. The zero-order valence-electron chi connectivity index (χ0n) is 13.8. The van der Waals surface area contributed by atoms with Gasteiger partial charge in [0.1, 0.15) is 0 Å². The van der Waals surface area contributed by atoms with E-state index >= 15 is 0 Å². The number of rotatable bonds is 6. The van der Waals surface area contributed by atoms with Gasteiger partial charge in [-0.1, -0.05) is 46.6 Å². The Labute approximate surface area is 156 Å². The number of halogens is 1. The van der Waals surface area contributed by atoms with Crippen molar-refractivity contribution in [2.75, 3.05) is 5.73 Å². The van der Waals surface area contributed by atoms with Crippen LogP contribution >= 0.6 is 15.9 Å². The minimum atomic E-state index is -0.483. The van der Waals surface area contributed by atoms with Crippen molar-refractivity contribution in [3.8, 4) is 5.82 Å². The number of nitrogens with two attached hydrogens (primary N) is 1. The Bertz CT molecular complexity index is 932. The Balaban J connectivity index is 1.79. The maximum Gasteiger partial charge on any atom is 0.293 e. The van der Waals surface area contributed by atoms with Gasteiger partial charge in [0.25, 0.3) is 5.91 Å². The van der Waals surface area contributed by atoms with Crippen LogP contribution in [0, 0.1) is 0 Å². The number of hydrogen-bond donors (Lipinski definition) is 2. The van der Waals surface area contributed by atoms with Crippen molar-refractivity contribution < 1.29 is 9.42 Å². The normalized spacial score (nSPS) is 11.2. The number of hydrazone groups is 1. The molecule has 2 heterocycles. The van der Waals surface area contributed by atoms with Crippen LogP contribution in [0.25, 0.3) is 5.82 Å². The molecular formula is C15H15BrN8O2. The first-order valence-corrected chi connectivity index (χ1v) is 8.51. The van der Waals surface area contributed by atoms with Gasteiger partial charge in [-0.05, 0) is 34.4 Å². The lowest BCUT2D eigenvalue weighted by Gasteiger charge is -2.03. The molecule has 2 aromatic heterocycles. The van der Waals surface area contributed by atoms with Gasteiger partial charge >= 0.3 is 0 Å². The van der Waals surface area contributed by atoms with Crippen LogP contribution in [0.1, 0.15) is 35.1 Å². The first-order valence-electron chi connectivity index (χ1n) is 7.72. The summed E-state index contributed by atoms with van der Waals surface area (Å²) in [6.45, 7) is 1.97. The average molecular weight is 419 g/mol. The van der Waals surface area contributed by atoms with E-state index in [-0.39, 0.29) is 17.3 Å². The third-order valence-corrected chi connectivity index (χ3v) is 3.94. The molecule has 3 N–H and O–H groups in total. The third-order valence-electron chi connectivity index (χ3n) is 3.41. The molecule has 0 aliphatic carbocycles. The molecule has 134 valence electrons. The van der Waals surface area contributed by atoms with E-state index in [0.717, 1.165) is 16.5 Å². The Morgan fingerprint density at radius 3 is 2.81 bits per heavy atom. The van der Waals surface area contributed by atoms with Crippen LogP contribution in [-0.2, 0) is 6.42 Å². The van der Waals surface area contributed by atoms with Crippen molar-refractivity contribution in [1.82, 2.24) is 30.7 Å². The van der Waals surface area contributed by atoms with Gasteiger partial charge in [0.15, 0.2) is 5.69 Å². The van der Waals surface area contributed by atoms with Crippen molar-refractivity contribution in [1.29, 1.82) is 0 Å². The highest BCUT2D eigenvalue weighted by atomic mass is 79.9. The van der Waals surface area contributed by atoms with Crippen molar-refractivity contribution in [3.05, 3.63) is 45.7 Å². The zero-order valence-corrected chi connectivity index (χ0v) is 15.3. The van der Waals surface area contributed by atoms with E-state index < -0.39 is 5.91 Å². The molecule has 11 heteroatoms. The molecule has 1 amide bonds. The second-order valence-electron chi connectivity index (χ2n) is 5.27. The molecule has 0 saturated heterocycles. The summed E-state index contributed by atoms with van der Waals surface area (Å²) in [5, 5.41) is 19.0. The fraction of sp³-hybridized carbons (Fsp3) is 0.200. The van der Waals surface area contributed by atoms with Crippen LogP contribution in [-0.4, -0.2) is 37.4 Å². The van der Waals surface area contributed by atoms with E-state index in [1.807, 2.05) is 31.2 Å². The highest BCUT2D eigenvalue weighted by molar-refractivity contribution is 9.10. The van der Waals surface area contributed by atoms with Crippen molar-refractivity contribution in [2.45, 2.75) is 19.8 Å². The molecule has 0 aliphatic heterocycles. The monoisotopic (exact) mass is 418 g/mol. The predicted octanol–water partition coefficient (Wildman–Crippen LogP) is 1.71. The Hall–Kier alpha value is -3.08. The van der Waals surface area contributed by atoms with Gasteiger partial charge < -0.3 is 5.73 Å². The summed E-state index contributed by atoms with van der Waals surface area (Å²) in [4.78, 5) is 12.4. The summed E-state index contributed by atoms with van der Waals surface area (Å²) in [5.74, 6) is -0.228. The van der Waals surface area contributed by atoms with Crippen molar-refractivity contribution in [2.24, 2.45) is 5.10 Å². The number of hydrogen-bond acceptors (Lipinski definition) is 8. The fourth-order valence-corrected chi connectivity index (χ4v) is 2.48. The molecule has 3 rings (SSSR count). The topological polar surface area (TPSA) is 137 Å². The highest BCUT2D eigenvalue weighted by Crippen LogP contribution is 2.17. The maximum atomic E-state index is 12.4. The van der Waals surface area contributed by atoms with Gasteiger partial charge in [-0.3, -0.25) is 4.79 Å². The van der Waals surface area contributed by atoms with Crippen LogP contribution in [0.5, 0.6) is 0 Å². The lowest BCUT2D eigenvalue weighted by molar-refractivity contribution is 0.0949. The molecule has 10 nitrogen and oxygen atoms in total. The molecule has 3 aromatic rings. The van der Waals surface area contributed by atoms with Gasteiger partial charge in [-0.15, -0.1) is 5.10 Å². The van der Waals surface area contributed by atoms with Gasteiger partial charge in [-0.25, -0.2) is 10.1 Å². The first-order chi connectivity index (χ1) is 12.6. The third kappa shape index (κ3) is 3.77. The molecule has 1 aromatic carbocycles. The van der Waals surface area contributed by atoms with E-state index in [4.69, 9.17) is 5.73 Å². The molecule has 0 radical (unpaired) electrons. The minimum absolute atomic E-state index is 0.0625. The van der Waals surface area contributed by atoms with E-state index in [0.29, 0.717) is 12.1 Å². The zero-order chi connectivity index (χ0) is 18.5. The van der Waals surface area contributed by atoms with Crippen LogP contribution in [0.15, 0.2) is 38.5 Å². The van der Waals surface area contributed by atoms with E-state index in [1.54, 1.807) is 0 Å². The molecule has 0 aliphatic rings. The molecule has 0 spiro atoms. The molecule has 0 fully saturated rings. The number of nitrogen functional groups attached to an aromatic ring is 1. The van der Waals surface area contributed by atoms with Crippen molar-refractivity contribution in [3.63, 3.8) is 0 Å².